The van der Waals surface area contributed by atoms with E-state index in [4.69, 9.17) is 21.3 Å². The van der Waals surface area contributed by atoms with Crippen LogP contribution in [0.25, 0.3) is 10.2 Å². The second-order valence-electron chi connectivity index (χ2n) is 6.46. The van der Waals surface area contributed by atoms with Gasteiger partial charge in [0.15, 0.2) is 5.13 Å². The van der Waals surface area contributed by atoms with Crippen LogP contribution in [0.2, 0.25) is 5.02 Å². The van der Waals surface area contributed by atoms with Crippen LogP contribution in [0.4, 0.5) is 10.8 Å². The molecule has 26 heavy (non-hydrogen) atoms. The van der Waals surface area contributed by atoms with Gasteiger partial charge in [0.1, 0.15) is 5.75 Å². The number of halogens is 1. The zero-order valence-electron chi connectivity index (χ0n) is 15.0. The average Bonchev–Trinajstić information content (AvgIpc) is 3.07. The summed E-state index contributed by atoms with van der Waals surface area (Å²) in [6, 6.07) is 12.2. The second kappa shape index (κ2) is 7.33. The Hall–Kier alpha value is -1.98. The van der Waals surface area contributed by atoms with Gasteiger partial charge in [0.2, 0.25) is 0 Å². The number of fused-ring (bicyclic) bond motifs is 1. The predicted octanol–water partition coefficient (Wildman–Crippen LogP) is 4.98. The summed E-state index contributed by atoms with van der Waals surface area (Å²) in [6.07, 6.45) is 0. The molecule has 0 radical (unpaired) electrons. The predicted molar refractivity (Wildman–Crippen MR) is 111 cm³/mol. The number of thiazole rings is 1. The lowest BCUT2D eigenvalue weighted by Crippen LogP contribution is -2.46. The van der Waals surface area contributed by atoms with Crippen LogP contribution in [0, 0.1) is 6.92 Å². The molecule has 0 saturated carbocycles. The lowest BCUT2D eigenvalue weighted by atomic mass is 10.1. The zero-order valence-corrected chi connectivity index (χ0v) is 16.6. The smallest absolute Gasteiger partial charge is 0.186 e. The Morgan fingerprint density at radius 1 is 1.08 bits per heavy atom. The highest BCUT2D eigenvalue weighted by molar-refractivity contribution is 7.22. The molecule has 2 heterocycles. The lowest BCUT2D eigenvalue weighted by molar-refractivity contribution is 0.341. The van der Waals surface area contributed by atoms with Crippen molar-refractivity contribution in [3.63, 3.8) is 0 Å². The molecule has 2 aromatic carbocycles. The Labute approximate surface area is 163 Å². The van der Waals surface area contributed by atoms with Crippen molar-refractivity contribution >= 4 is 44.0 Å². The number of anilines is 2. The van der Waals surface area contributed by atoms with E-state index >= 15 is 0 Å². The van der Waals surface area contributed by atoms with Crippen LogP contribution in [-0.4, -0.2) is 37.8 Å². The van der Waals surface area contributed by atoms with Gasteiger partial charge in [-0.25, -0.2) is 4.98 Å². The van der Waals surface area contributed by atoms with E-state index in [1.54, 1.807) is 11.3 Å². The maximum atomic E-state index is 6.19. The number of hydrogen-bond donors (Lipinski definition) is 0. The highest BCUT2D eigenvalue weighted by Crippen LogP contribution is 2.33. The fraction of sp³-hybridized carbons (Fsp3) is 0.350. The highest BCUT2D eigenvalue weighted by Gasteiger charge is 2.21. The van der Waals surface area contributed by atoms with Crippen molar-refractivity contribution < 1.29 is 4.74 Å². The topological polar surface area (TPSA) is 28.6 Å². The van der Waals surface area contributed by atoms with Crippen LogP contribution in [-0.2, 0) is 0 Å². The van der Waals surface area contributed by atoms with Gasteiger partial charge in [-0.15, -0.1) is 0 Å². The van der Waals surface area contributed by atoms with Gasteiger partial charge in [0.25, 0.3) is 0 Å². The first-order valence-electron chi connectivity index (χ1n) is 8.93. The van der Waals surface area contributed by atoms with Gasteiger partial charge in [0.05, 0.1) is 16.8 Å². The van der Waals surface area contributed by atoms with E-state index in [1.807, 2.05) is 25.1 Å². The molecule has 1 aliphatic rings. The molecule has 4 rings (SSSR count). The normalized spacial score (nSPS) is 14.9. The number of ether oxygens (including phenoxy) is 1. The number of nitrogens with zero attached hydrogens (tertiary/aromatic N) is 3. The first kappa shape index (κ1) is 17.4. The van der Waals surface area contributed by atoms with E-state index in [1.165, 1.54) is 16.0 Å². The van der Waals surface area contributed by atoms with Crippen LogP contribution in [0.1, 0.15) is 12.5 Å². The van der Waals surface area contributed by atoms with Gasteiger partial charge in [-0.1, -0.05) is 29.0 Å². The van der Waals surface area contributed by atoms with Crippen LogP contribution in [0.5, 0.6) is 5.75 Å². The Morgan fingerprint density at radius 2 is 1.85 bits per heavy atom. The number of aromatic nitrogens is 1. The largest absolute Gasteiger partial charge is 0.494 e. The van der Waals surface area contributed by atoms with Gasteiger partial charge >= 0.3 is 0 Å². The van der Waals surface area contributed by atoms with Crippen molar-refractivity contribution in [1.82, 2.24) is 4.98 Å². The average molecular weight is 388 g/mol. The highest BCUT2D eigenvalue weighted by atomic mass is 35.5. The molecule has 0 unspecified atom stereocenters. The zero-order chi connectivity index (χ0) is 18.1. The molecule has 0 bridgehead atoms. The van der Waals surface area contributed by atoms with Gasteiger partial charge in [-0.2, -0.15) is 0 Å². The van der Waals surface area contributed by atoms with Crippen LogP contribution >= 0.6 is 22.9 Å². The van der Waals surface area contributed by atoms with E-state index in [0.29, 0.717) is 6.61 Å². The molecule has 4 nitrogen and oxygen atoms in total. The van der Waals surface area contributed by atoms with E-state index in [0.717, 1.165) is 47.6 Å². The molecule has 0 N–H and O–H groups in total. The van der Waals surface area contributed by atoms with Crippen LogP contribution < -0.4 is 14.5 Å². The third-order valence-corrected chi connectivity index (χ3v) is 6.04. The van der Waals surface area contributed by atoms with Gasteiger partial charge in [0, 0.05) is 36.9 Å². The first-order valence-corrected chi connectivity index (χ1v) is 10.1. The van der Waals surface area contributed by atoms with Crippen molar-refractivity contribution in [2.75, 3.05) is 42.6 Å². The van der Waals surface area contributed by atoms with Gasteiger partial charge in [-0.3, -0.25) is 0 Å². The van der Waals surface area contributed by atoms with Crippen LogP contribution in [0.15, 0.2) is 36.4 Å². The minimum Gasteiger partial charge on any atom is -0.494 e. The summed E-state index contributed by atoms with van der Waals surface area (Å²) >= 11 is 7.93. The summed E-state index contributed by atoms with van der Waals surface area (Å²) < 4.78 is 6.78. The molecule has 3 aromatic rings. The fourth-order valence-electron chi connectivity index (χ4n) is 3.35. The fourth-order valence-corrected chi connectivity index (χ4v) is 4.56. The quantitative estimate of drug-likeness (QED) is 0.631. The van der Waals surface area contributed by atoms with E-state index < -0.39 is 0 Å². The van der Waals surface area contributed by atoms with Crippen molar-refractivity contribution in [2.24, 2.45) is 0 Å². The van der Waals surface area contributed by atoms with Crippen LogP contribution in [0.3, 0.4) is 0 Å². The molecule has 1 saturated heterocycles. The molecule has 1 fully saturated rings. The molecular formula is C20H22ClN3OS. The van der Waals surface area contributed by atoms with Crippen molar-refractivity contribution in [2.45, 2.75) is 13.8 Å². The maximum Gasteiger partial charge on any atom is 0.186 e. The molecule has 0 amide bonds. The van der Waals surface area contributed by atoms with E-state index in [-0.39, 0.29) is 0 Å². The minimum absolute atomic E-state index is 0.683. The monoisotopic (exact) mass is 387 g/mol. The summed E-state index contributed by atoms with van der Waals surface area (Å²) in [5.74, 6) is 0.913. The van der Waals surface area contributed by atoms with Gasteiger partial charge in [-0.05, 0) is 49.7 Å². The molecular weight excluding hydrogens is 366 g/mol. The molecule has 1 aliphatic heterocycles. The number of aryl methyl sites for hydroxylation is 1. The SMILES string of the molecule is CCOc1ccc2nc(N3CCN(c4cc(Cl)ccc4C)CC3)sc2c1. The number of benzene rings is 2. The van der Waals surface area contributed by atoms with E-state index in [2.05, 4.69) is 34.9 Å². The van der Waals surface area contributed by atoms with Crippen molar-refractivity contribution in [3.8, 4) is 5.75 Å². The van der Waals surface area contributed by atoms with Crippen molar-refractivity contribution in [3.05, 3.63) is 47.0 Å². The Balaban J connectivity index is 1.49. The number of rotatable bonds is 4. The first-order chi connectivity index (χ1) is 12.6. The molecule has 1 aromatic heterocycles. The second-order valence-corrected chi connectivity index (χ2v) is 7.91. The number of hydrogen-bond acceptors (Lipinski definition) is 5. The minimum atomic E-state index is 0.683. The standard InChI is InChI=1S/C20H22ClN3OS/c1-3-25-16-6-7-17-19(13-16)26-20(22-17)24-10-8-23(9-11-24)18-12-15(21)5-4-14(18)2/h4-7,12-13H,3,8-11H2,1-2H3. The Bertz CT molecular complexity index is 919. The summed E-state index contributed by atoms with van der Waals surface area (Å²) in [4.78, 5) is 9.61. The molecule has 6 heteroatoms. The van der Waals surface area contributed by atoms with E-state index in [9.17, 15) is 0 Å². The third-order valence-electron chi connectivity index (χ3n) is 4.72. The molecule has 0 atom stereocenters. The Kier molecular flexibility index (Phi) is 4.92. The summed E-state index contributed by atoms with van der Waals surface area (Å²) in [7, 11) is 0. The Morgan fingerprint density at radius 3 is 2.62 bits per heavy atom. The number of piperazine rings is 1. The molecule has 136 valence electrons. The lowest BCUT2D eigenvalue weighted by Gasteiger charge is -2.36. The molecule has 0 aliphatic carbocycles. The maximum absolute atomic E-state index is 6.19. The van der Waals surface area contributed by atoms with Crippen molar-refractivity contribution in [1.29, 1.82) is 0 Å². The summed E-state index contributed by atoms with van der Waals surface area (Å²) in [5.41, 5.74) is 3.55. The summed E-state index contributed by atoms with van der Waals surface area (Å²) in [5, 5.41) is 1.89. The van der Waals surface area contributed by atoms with Gasteiger partial charge < -0.3 is 14.5 Å². The summed E-state index contributed by atoms with van der Waals surface area (Å²) in [6.45, 7) is 8.70. The third kappa shape index (κ3) is 3.46. The molecule has 0 spiro atoms.